The lowest BCUT2D eigenvalue weighted by atomic mass is 9.48. The lowest BCUT2D eigenvalue weighted by Gasteiger charge is -2.57. The first-order chi connectivity index (χ1) is 13.7. The van der Waals surface area contributed by atoms with Crippen LogP contribution in [0.3, 0.4) is 0 Å². The SMILES string of the molecule is CC(C)[C@@H](C)/C=C/[C@@H](C)[C@@H]1CC[C@@H]2C3=CC[C@H]4CC(=O)CC[C@]4(C)[C@@H]3CC[C@@]21C. The van der Waals surface area contributed by atoms with Crippen molar-refractivity contribution >= 4 is 5.78 Å². The summed E-state index contributed by atoms with van der Waals surface area (Å²) in [6.07, 6.45) is 17.2. The summed E-state index contributed by atoms with van der Waals surface area (Å²) in [6, 6.07) is 0. The van der Waals surface area contributed by atoms with Gasteiger partial charge in [0.25, 0.3) is 0 Å². The van der Waals surface area contributed by atoms with Crippen molar-refractivity contribution in [2.75, 3.05) is 0 Å². The third-order valence-electron chi connectivity index (χ3n) is 10.4. The van der Waals surface area contributed by atoms with Crippen LogP contribution in [0.4, 0.5) is 0 Å². The molecule has 4 rings (SSSR count). The van der Waals surface area contributed by atoms with Crippen molar-refractivity contribution in [3.8, 4) is 0 Å². The molecule has 0 aromatic rings. The van der Waals surface area contributed by atoms with Crippen molar-refractivity contribution in [1.82, 2.24) is 0 Å². The largest absolute Gasteiger partial charge is 0.300 e. The van der Waals surface area contributed by atoms with E-state index in [0.717, 1.165) is 49.4 Å². The van der Waals surface area contributed by atoms with Crippen LogP contribution in [-0.2, 0) is 4.79 Å². The van der Waals surface area contributed by atoms with Crippen LogP contribution in [0.2, 0.25) is 0 Å². The van der Waals surface area contributed by atoms with Crippen LogP contribution in [-0.4, -0.2) is 5.78 Å². The van der Waals surface area contributed by atoms with E-state index in [-0.39, 0.29) is 0 Å². The molecule has 0 saturated heterocycles. The topological polar surface area (TPSA) is 17.1 Å². The normalized spacial score (nSPS) is 44.2. The number of hydrogen-bond donors (Lipinski definition) is 0. The van der Waals surface area contributed by atoms with Gasteiger partial charge < -0.3 is 0 Å². The van der Waals surface area contributed by atoms with Gasteiger partial charge in [0.15, 0.2) is 0 Å². The number of fused-ring (bicyclic) bond motifs is 5. The molecule has 4 aliphatic rings. The molecule has 0 aromatic carbocycles. The zero-order chi connectivity index (χ0) is 21.0. The van der Waals surface area contributed by atoms with Crippen LogP contribution in [0.15, 0.2) is 23.8 Å². The Morgan fingerprint density at radius 1 is 0.966 bits per heavy atom. The maximum absolute atomic E-state index is 12.1. The Hall–Kier alpha value is -0.850. The lowest BCUT2D eigenvalue weighted by Crippen LogP contribution is -2.49. The van der Waals surface area contributed by atoms with Crippen LogP contribution >= 0.6 is 0 Å². The van der Waals surface area contributed by atoms with Crippen LogP contribution in [0, 0.1) is 52.3 Å². The molecule has 0 bridgehead atoms. The summed E-state index contributed by atoms with van der Waals surface area (Å²) < 4.78 is 0. The number of hydrogen-bond acceptors (Lipinski definition) is 1. The van der Waals surface area contributed by atoms with Gasteiger partial charge in [-0.05, 0) is 90.8 Å². The Morgan fingerprint density at radius 3 is 2.41 bits per heavy atom. The maximum atomic E-state index is 12.1. The first-order valence-corrected chi connectivity index (χ1v) is 12.6. The van der Waals surface area contributed by atoms with E-state index in [1.165, 1.54) is 25.7 Å². The molecule has 0 spiro atoms. The fourth-order valence-corrected chi connectivity index (χ4v) is 7.91. The molecule has 0 aromatic heterocycles. The second kappa shape index (κ2) is 7.69. The van der Waals surface area contributed by atoms with Crippen LogP contribution < -0.4 is 0 Å². The second-order valence-corrected chi connectivity index (χ2v) is 12.1. The standard InChI is InChI=1S/C28H44O/c1-18(2)19(3)7-8-20(4)24-11-12-25-23-10-9-21-17-22(29)13-15-27(21,5)26(23)14-16-28(24,25)6/h7-8,10,18-21,24-26H,9,11-17H2,1-6H3/b8-7+/t19-,20+,21-,24-,25+,26+,27-,28+/m0/s1. The van der Waals surface area contributed by atoms with E-state index in [2.05, 4.69) is 59.8 Å². The molecular formula is C28H44O. The molecule has 1 nitrogen and oxygen atoms in total. The number of rotatable bonds is 4. The molecule has 0 unspecified atom stereocenters. The summed E-state index contributed by atoms with van der Waals surface area (Å²) in [7, 11) is 0. The molecule has 162 valence electrons. The zero-order valence-corrected chi connectivity index (χ0v) is 19.8. The molecule has 8 atom stereocenters. The fraction of sp³-hybridized carbons (Fsp3) is 0.821. The molecule has 0 aliphatic heterocycles. The molecule has 0 amide bonds. The number of Topliss-reactive ketones (excluding diaryl/α,β-unsaturated/α-hetero) is 1. The van der Waals surface area contributed by atoms with Gasteiger partial charge in [-0.3, -0.25) is 4.79 Å². The smallest absolute Gasteiger partial charge is 0.133 e. The highest BCUT2D eigenvalue weighted by Gasteiger charge is 2.57. The summed E-state index contributed by atoms with van der Waals surface area (Å²) >= 11 is 0. The summed E-state index contributed by atoms with van der Waals surface area (Å²) in [5.41, 5.74) is 2.68. The van der Waals surface area contributed by atoms with E-state index < -0.39 is 0 Å². The Labute approximate surface area is 179 Å². The van der Waals surface area contributed by atoms with Crippen LogP contribution in [0.5, 0.6) is 0 Å². The van der Waals surface area contributed by atoms with Crippen LogP contribution in [0.25, 0.3) is 0 Å². The molecule has 0 heterocycles. The Kier molecular flexibility index (Phi) is 5.67. The molecule has 3 fully saturated rings. The average Bonchev–Trinajstić information content (AvgIpc) is 3.03. The summed E-state index contributed by atoms with van der Waals surface area (Å²) in [5.74, 6) is 5.57. The molecule has 29 heavy (non-hydrogen) atoms. The maximum Gasteiger partial charge on any atom is 0.133 e. The zero-order valence-electron chi connectivity index (χ0n) is 19.8. The number of ketones is 1. The highest BCUT2D eigenvalue weighted by atomic mass is 16.1. The van der Waals surface area contributed by atoms with Crippen molar-refractivity contribution in [3.05, 3.63) is 23.8 Å². The van der Waals surface area contributed by atoms with Crippen molar-refractivity contribution in [2.45, 2.75) is 92.9 Å². The van der Waals surface area contributed by atoms with Crippen molar-refractivity contribution in [2.24, 2.45) is 52.3 Å². The van der Waals surface area contributed by atoms with E-state index in [4.69, 9.17) is 0 Å². The summed E-state index contributed by atoms with van der Waals surface area (Å²) in [6.45, 7) is 14.7. The minimum absolute atomic E-state index is 0.385. The van der Waals surface area contributed by atoms with E-state index >= 15 is 0 Å². The molecule has 3 saturated carbocycles. The lowest BCUT2D eigenvalue weighted by molar-refractivity contribution is -0.127. The minimum atomic E-state index is 0.385. The van der Waals surface area contributed by atoms with Gasteiger partial charge in [-0.2, -0.15) is 0 Å². The van der Waals surface area contributed by atoms with Crippen molar-refractivity contribution in [1.29, 1.82) is 0 Å². The summed E-state index contributed by atoms with van der Waals surface area (Å²) in [5, 5.41) is 0. The number of carbonyl (C=O) groups excluding carboxylic acids is 1. The average molecular weight is 397 g/mol. The quantitative estimate of drug-likeness (QED) is 0.447. The van der Waals surface area contributed by atoms with Gasteiger partial charge in [0, 0.05) is 12.8 Å². The van der Waals surface area contributed by atoms with Gasteiger partial charge in [0.1, 0.15) is 5.78 Å². The van der Waals surface area contributed by atoms with Gasteiger partial charge >= 0.3 is 0 Å². The molecular weight excluding hydrogens is 352 g/mol. The molecule has 0 N–H and O–H groups in total. The van der Waals surface area contributed by atoms with Gasteiger partial charge in [-0.1, -0.05) is 65.3 Å². The minimum Gasteiger partial charge on any atom is -0.300 e. The predicted octanol–water partition coefficient (Wildman–Crippen LogP) is 7.62. The van der Waals surface area contributed by atoms with Gasteiger partial charge in [0.2, 0.25) is 0 Å². The molecule has 0 radical (unpaired) electrons. The van der Waals surface area contributed by atoms with E-state index in [0.29, 0.717) is 34.4 Å². The Balaban J connectivity index is 1.55. The second-order valence-electron chi connectivity index (χ2n) is 12.1. The fourth-order valence-electron chi connectivity index (χ4n) is 7.91. The van der Waals surface area contributed by atoms with E-state index in [1.807, 2.05) is 5.57 Å². The Bertz CT molecular complexity index is 699. The Morgan fingerprint density at radius 2 is 1.69 bits per heavy atom. The predicted molar refractivity (Wildman–Crippen MR) is 123 cm³/mol. The summed E-state index contributed by atoms with van der Waals surface area (Å²) in [4.78, 5) is 12.1. The molecule has 1 heteroatoms. The van der Waals surface area contributed by atoms with E-state index in [9.17, 15) is 4.79 Å². The van der Waals surface area contributed by atoms with Gasteiger partial charge in [0.05, 0.1) is 0 Å². The first-order valence-electron chi connectivity index (χ1n) is 12.6. The highest BCUT2D eigenvalue weighted by molar-refractivity contribution is 5.79. The number of carbonyl (C=O) groups is 1. The van der Waals surface area contributed by atoms with Crippen molar-refractivity contribution < 1.29 is 4.79 Å². The van der Waals surface area contributed by atoms with Crippen molar-refractivity contribution in [3.63, 3.8) is 0 Å². The van der Waals surface area contributed by atoms with Crippen LogP contribution in [0.1, 0.15) is 92.9 Å². The number of allylic oxidation sites excluding steroid dienone is 4. The highest BCUT2D eigenvalue weighted by Crippen LogP contribution is 2.66. The van der Waals surface area contributed by atoms with Gasteiger partial charge in [-0.25, -0.2) is 0 Å². The monoisotopic (exact) mass is 396 g/mol. The van der Waals surface area contributed by atoms with Gasteiger partial charge in [-0.15, -0.1) is 0 Å². The third-order valence-corrected chi connectivity index (χ3v) is 10.4. The van der Waals surface area contributed by atoms with E-state index in [1.54, 1.807) is 0 Å². The third kappa shape index (κ3) is 3.49. The molecule has 4 aliphatic carbocycles. The first kappa shape index (κ1) is 21.4.